The molecule has 3 nitrogen and oxygen atoms in total. The Hall–Kier alpha value is -1.35. The number of hydrogen-bond acceptors (Lipinski definition) is 3. The SMILES string of the molecule is Cc1c(C=O)cccc1NN. The smallest absolute Gasteiger partial charge is 0.150 e. The van der Waals surface area contributed by atoms with Crippen molar-refractivity contribution in [2.45, 2.75) is 6.92 Å². The van der Waals surface area contributed by atoms with Gasteiger partial charge >= 0.3 is 0 Å². The lowest BCUT2D eigenvalue weighted by Gasteiger charge is -2.05. The average Bonchev–Trinajstić information content (AvgIpc) is 2.05. The van der Waals surface area contributed by atoms with Crippen LogP contribution in [0.5, 0.6) is 0 Å². The molecule has 0 spiro atoms. The number of carbonyl (C=O) groups excluding carboxylic acids is 1. The third kappa shape index (κ3) is 1.38. The van der Waals surface area contributed by atoms with Gasteiger partial charge in [-0.3, -0.25) is 10.6 Å². The quantitative estimate of drug-likeness (QED) is 0.377. The van der Waals surface area contributed by atoms with Crippen LogP contribution >= 0.6 is 0 Å². The Morgan fingerprint density at radius 2 is 2.27 bits per heavy atom. The summed E-state index contributed by atoms with van der Waals surface area (Å²) in [7, 11) is 0. The molecule has 0 aliphatic heterocycles. The zero-order valence-corrected chi connectivity index (χ0v) is 6.29. The van der Waals surface area contributed by atoms with E-state index in [1.807, 2.05) is 13.0 Å². The molecule has 0 amide bonds. The van der Waals surface area contributed by atoms with Crippen molar-refractivity contribution in [1.82, 2.24) is 0 Å². The first-order valence-corrected chi connectivity index (χ1v) is 3.31. The van der Waals surface area contributed by atoms with Crippen LogP contribution in [-0.2, 0) is 0 Å². The summed E-state index contributed by atoms with van der Waals surface area (Å²) in [6, 6.07) is 5.36. The van der Waals surface area contributed by atoms with Gasteiger partial charge in [-0.25, -0.2) is 0 Å². The van der Waals surface area contributed by atoms with E-state index in [1.54, 1.807) is 12.1 Å². The second-order valence-electron chi connectivity index (χ2n) is 2.28. The highest BCUT2D eigenvalue weighted by molar-refractivity contribution is 5.80. The van der Waals surface area contributed by atoms with Crippen molar-refractivity contribution in [2.24, 2.45) is 5.84 Å². The number of nitrogens with one attached hydrogen (secondary N) is 1. The molecule has 0 aliphatic carbocycles. The summed E-state index contributed by atoms with van der Waals surface area (Å²) < 4.78 is 0. The molecule has 58 valence electrons. The Morgan fingerprint density at radius 1 is 1.55 bits per heavy atom. The number of hydrogen-bond donors (Lipinski definition) is 2. The number of benzene rings is 1. The Bertz CT molecular complexity index is 271. The van der Waals surface area contributed by atoms with E-state index in [0.29, 0.717) is 5.56 Å². The number of carbonyl (C=O) groups is 1. The monoisotopic (exact) mass is 150 g/mol. The topological polar surface area (TPSA) is 55.1 Å². The summed E-state index contributed by atoms with van der Waals surface area (Å²) in [5.41, 5.74) is 4.84. The van der Waals surface area contributed by atoms with E-state index in [9.17, 15) is 4.79 Å². The van der Waals surface area contributed by atoms with Crippen molar-refractivity contribution in [3.05, 3.63) is 29.3 Å². The highest BCUT2D eigenvalue weighted by Crippen LogP contribution is 2.15. The average molecular weight is 150 g/mol. The van der Waals surface area contributed by atoms with Crippen molar-refractivity contribution < 1.29 is 4.79 Å². The van der Waals surface area contributed by atoms with E-state index in [0.717, 1.165) is 17.5 Å². The molecule has 1 rings (SSSR count). The van der Waals surface area contributed by atoms with E-state index in [4.69, 9.17) is 5.84 Å². The van der Waals surface area contributed by atoms with Crippen LogP contribution in [-0.4, -0.2) is 6.29 Å². The first-order chi connectivity index (χ1) is 5.29. The molecule has 0 radical (unpaired) electrons. The molecular formula is C8H10N2O. The van der Waals surface area contributed by atoms with Crippen LogP contribution in [0, 0.1) is 6.92 Å². The third-order valence-electron chi connectivity index (χ3n) is 1.66. The Kier molecular flexibility index (Phi) is 2.23. The molecule has 0 aliphatic rings. The number of hydrazine groups is 1. The second kappa shape index (κ2) is 3.16. The van der Waals surface area contributed by atoms with Gasteiger partial charge in [0, 0.05) is 5.56 Å². The predicted molar refractivity (Wildman–Crippen MR) is 44.4 cm³/mol. The molecule has 0 atom stereocenters. The normalized spacial score (nSPS) is 9.27. The highest BCUT2D eigenvalue weighted by Gasteiger charge is 1.99. The molecule has 3 heteroatoms. The molecule has 11 heavy (non-hydrogen) atoms. The van der Waals surface area contributed by atoms with E-state index in [-0.39, 0.29) is 0 Å². The summed E-state index contributed by atoms with van der Waals surface area (Å²) in [5.74, 6) is 5.21. The van der Waals surface area contributed by atoms with Crippen molar-refractivity contribution in [3.63, 3.8) is 0 Å². The van der Waals surface area contributed by atoms with Crippen LogP contribution < -0.4 is 11.3 Å². The van der Waals surface area contributed by atoms with E-state index in [2.05, 4.69) is 5.43 Å². The van der Waals surface area contributed by atoms with Crippen LogP contribution in [0.4, 0.5) is 5.69 Å². The van der Waals surface area contributed by atoms with Crippen molar-refractivity contribution in [1.29, 1.82) is 0 Å². The number of anilines is 1. The van der Waals surface area contributed by atoms with Crippen LogP contribution in [0.3, 0.4) is 0 Å². The minimum Gasteiger partial charge on any atom is -0.324 e. The molecule has 0 saturated carbocycles. The molecule has 3 N–H and O–H groups in total. The number of nitrogens with two attached hydrogens (primary N) is 1. The summed E-state index contributed by atoms with van der Waals surface area (Å²) in [5, 5.41) is 0. The Morgan fingerprint density at radius 3 is 2.82 bits per heavy atom. The maximum Gasteiger partial charge on any atom is 0.150 e. The first kappa shape index (κ1) is 7.75. The molecular weight excluding hydrogens is 140 g/mol. The maximum absolute atomic E-state index is 10.4. The van der Waals surface area contributed by atoms with Crippen molar-refractivity contribution in [3.8, 4) is 0 Å². The number of aldehydes is 1. The molecule has 0 saturated heterocycles. The zero-order chi connectivity index (χ0) is 8.27. The second-order valence-corrected chi connectivity index (χ2v) is 2.28. The molecule has 1 aromatic carbocycles. The van der Waals surface area contributed by atoms with Gasteiger partial charge in [0.25, 0.3) is 0 Å². The minimum absolute atomic E-state index is 0.667. The predicted octanol–water partition coefficient (Wildman–Crippen LogP) is 1.09. The van der Waals surface area contributed by atoms with Crippen LogP contribution in [0.15, 0.2) is 18.2 Å². The molecule has 0 heterocycles. The first-order valence-electron chi connectivity index (χ1n) is 3.31. The fraction of sp³-hybridized carbons (Fsp3) is 0.125. The van der Waals surface area contributed by atoms with Crippen LogP contribution in [0.1, 0.15) is 15.9 Å². The summed E-state index contributed by atoms with van der Waals surface area (Å²) in [4.78, 5) is 10.4. The van der Waals surface area contributed by atoms with E-state index >= 15 is 0 Å². The van der Waals surface area contributed by atoms with Gasteiger partial charge in [-0.1, -0.05) is 12.1 Å². The highest BCUT2D eigenvalue weighted by atomic mass is 16.1. The molecule has 0 aromatic heterocycles. The van der Waals surface area contributed by atoms with Crippen molar-refractivity contribution in [2.75, 3.05) is 5.43 Å². The van der Waals surface area contributed by atoms with Gasteiger partial charge in [0.05, 0.1) is 5.69 Å². The number of nitrogen functional groups attached to an aromatic ring is 1. The van der Waals surface area contributed by atoms with E-state index in [1.165, 1.54) is 0 Å². The largest absolute Gasteiger partial charge is 0.324 e. The molecule has 0 fully saturated rings. The lowest BCUT2D eigenvalue weighted by atomic mass is 10.1. The van der Waals surface area contributed by atoms with Gasteiger partial charge < -0.3 is 5.43 Å². The van der Waals surface area contributed by atoms with Crippen LogP contribution in [0.2, 0.25) is 0 Å². The minimum atomic E-state index is 0.667. The lowest BCUT2D eigenvalue weighted by Crippen LogP contribution is -2.08. The standard InChI is InChI=1S/C8H10N2O/c1-6-7(5-11)3-2-4-8(6)10-9/h2-5,10H,9H2,1H3. The van der Waals surface area contributed by atoms with Gasteiger partial charge in [-0.05, 0) is 18.6 Å². The van der Waals surface area contributed by atoms with Crippen LogP contribution in [0.25, 0.3) is 0 Å². The molecule has 0 unspecified atom stereocenters. The third-order valence-corrected chi connectivity index (χ3v) is 1.66. The molecule has 1 aromatic rings. The number of rotatable bonds is 2. The fourth-order valence-corrected chi connectivity index (χ4v) is 0.938. The van der Waals surface area contributed by atoms with Gasteiger partial charge in [0.1, 0.15) is 6.29 Å². The van der Waals surface area contributed by atoms with Gasteiger partial charge in [-0.15, -0.1) is 0 Å². The lowest BCUT2D eigenvalue weighted by molar-refractivity contribution is 0.112. The van der Waals surface area contributed by atoms with Gasteiger partial charge in [-0.2, -0.15) is 0 Å². The van der Waals surface area contributed by atoms with Crippen molar-refractivity contribution >= 4 is 12.0 Å². The summed E-state index contributed by atoms with van der Waals surface area (Å²) in [6.07, 6.45) is 0.816. The Labute approximate surface area is 65.2 Å². The molecule has 0 bridgehead atoms. The van der Waals surface area contributed by atoms with Gasteiger partial charge in [0.2, 0.25) is 0 Å². The van der Waals surface area contributed by atoms with E-state index < -0.39 is 0 Å². The maximum atomic E-state index is 10.4. The zero-order valence-electron chi connectivity index (χ0n) is 6.29. The summed E-state index contributed by atoms with van der Waals surface area (Å²) in [6.45, 7) is 1.85. The summed E-state index contributed by atoms with van der Waals surface area (Å²) >= 11 is 0. The van der Waals surface area contributed by atoms with Gasteiger partial charge in [0.15, 0.2) is 0 Å². The fourth-order valence-electron chi connectivity index (χ4n) is 0.938. The Balaban J connectivity index is 3.20.